The van der Waals surface area contributed by atoms with E-state index in [1.54, 1.807) is 6.07 Å². The molecule has 2 heterocycles. The van der Waals surface area contributed by atoms with Crippen LogP contribution in [0.15, 0.2) is 85.2 Å². The second-order valence-corrected chi connectivity index (χ2v) is 25.7. The minimum atomic E-state index is -10.7. The molecule has 0 radical (unpaired) electrons. The Morgan fingerprint density at radius 2 is 0.590 bits per heavy atom. The molecule has 0 aliphatic heterocycles. The average molecular weight is 1150 g/mol. The van der Waals surface area contributed by atoms with Crippen LogP contribution in [0.25, 0.3) is 22.7 Å². The van der Waals surface area contributed by atoms with Gasteiger partial charge in [0.15, 0.2) is 46.5 Å². The van der Waals surface area contributed by atoms with Gasteiger partial charge in [0.2, 0.25) is 0 Å². The van der Waals surface area contributed by atoms with E-state index in [0.717, 1.165) is 11.4 Å². The minimum absolute atomic E-state index is 0.326. The first-order valence-corrected chi connectivity index (χ1v) is 30.0. The normalized spacial score (nSPS) is 13.9. The van der Waals surface area contributed by atoms with Crippen LogP contribution in [0, 0.1) is 11.3 Å². The number of nitrogens with zero attached hydrogens (tertiary/aromatic N) is 7. The molecule has 8 nitrogen and oxygen atoms in total. The second-order valence-electron chi connectivity index (χ2n) is 21.9. The Balaban J connectivity index is 0.000000816. The van der Waals surface area contributed by atoms with Crippen molar-refractivity contribution >= 4 is 15.6 Å². The van der Waals surface area contributed by atoms with Gasteiger partial charge in [0.05, 0.1) is 19.2 Å². The summed E-state index contributed by atoms with van der Waals surface area (Å²) in [5.74, 6) is 2.68. The van der Waals surface area contributed by atoms with E-state index in [1.807, 2.05) is 0 Å². The Morgan fingerprint density at radius 3 is 0.769 bits per heavy atom. The molecule has 0 bridgehead atoms. The molecule has 6 aromatic rings. The predicted molar refractivity (Wildman–Crippen MR) is 292 cm³/mol. The van der Waals surface area contributed by atoms with Crippen LogP contribution in [0.5, 0.6) is 0 Å². The van der Waals surface area contributed by atoms with Crippen molar-refractivity contribution in [3.05, 3.63) is 141 Å². The van der Waals surface area contributed by atoms with Crippen molar-refractivity contribution in [1.29, 1.82) is 5.26 Å². The van der Waals surface area contributed by atoms with E-state index >= 15 is 0 Å². The zero-order valence-electron chi connectivity index (χ0n) is 47.7. The van der Waals surface area contributed by atoms with Gasteiger partial charge in [-0.1, -0.05) is 193 Å². The molecule has 0 saturated carbocycles. The van der Waals surface area contributed by atoms with E-state index < -0.39 is 15.6 Å². The van der Waals surface area contributed by atoms with Crippen molar-refractivity contribution in [3.63, 3.8) is 0 Å². The number of halogens is 12. The van der Waals surface area contributed by atoms with Crippen molar-refractivity contribution in [2.75, 3.05) is 0 Å². The van der Waals surface area contributed by atoms with Crippen molar-refractivity contribution in [2.45, 2.75) is 178 Å². The van der Waals surface area contributed by atoms with Gasteiger partial charge in [0, 0.05) is 51.4 Å². The van der Waals surface area contributed by atoms with Crippen LogP contribution in [0.1, 0.15) is 221 Å². The van der Waals surface area contributed by atoms with Crippen LogP contribution < -0.4 is 14.7 Å². The molecular formula is C56H78F12N8P2. The Hall–Kier alpha value is -5.37. The number of hydrogen-bond acceptors (Lipinski definition) is 4. The SMILES string of the molecule is CC#N.CC(C)c1cccc(C(C)C)c1-n1n[n+](-c2c(C(C)C)cccc2C(C)C)cc1CNCc1c[n+](-c2c(C(C)C)cccc2C(C)C)nn1-c1c(C(C)C)cccc1C(C)C.F[P-](F)(F)(F)(F)F.F[P-](F)(F)(F)(F)F. The fraction of sp³-hybridized carbons (Fsp3) is 0.482. The van der Waals surface area contributed by atoms with E-state index in [2.05, 4.69) is 220 Å². The molecule has 0 fully saturated rings. The number of benzene rings is 4. The maximum absolute atomic E-state index is 10.7. The van der Waals surface area contributed by atoms with E-state index in [0.29, 0.717) is 60.4 Å². The summed E-state index contributed by atoms with van der Waals surface area (Å²) in [6.07, 6.45) is 4.55. The molecule has 4 aromatic carbocycles. The van der Waals surface area contributed by atoms with Gasteiger partial charge in [-0.25, -0.2) is 0 Å². The van der Waals surface area contributed by atoms with E-state index in [9.17, 15) is 50.4 Å². The first kappa shape index (κ1) is 66.9. The summed E-state index contributed by atoms with van der Waals surface area (Å²) < 4.78 is 127. The van der Waals surface area contributed by atoms with Gasteiger partial charge in [0.1, 0.15) is 10.4 Å². The molecule has 1 N–H and O–H groups in total. The molecule has 0 unspecified atom stereocenters. The van der Waals surface area contributed by atoms with Crippen LogP contribution in [0.2, 0.25) is 0 Å². The number of hydrogen-bond donors (Lipinski definition) is 1. The Kier molecular flexibility index (Phi) is 20.4. The molecule has 6 rings (SSSR count). The number of nitriles is 1. The molecule has 2 aromatic heterocycles. The predicted octanol–water partition coefficient (Wildman–Crippen LogP) is 20.2. The third-order valence-corrected chi connectivity index (χ3v) is 12.3. The standard InChI is InChI=1S/C54H75N7.C2H3N.2F6P/c1-33(2)43-21-17-22-44(34(3)4)51(43)58-31-41(60(56-58)53-47(37(9)10)25-19-26-48(53)38(11)12)29-55-30-42-32-59(52-45(35(5)6)23-18-24-46(52)36(7)8)57-61(42)54-49(39(13)14)27-20-28-50(54)40(15)16;1-2-3;2*1-7(2,3,4,5)6/h17-28,31-40,55H,29-30H2,1-16H3;1H3;;/q+2;;2*-1. The molecule has 0 spiro atoms. The summed E-state index contributed by atoms with van der Waals surface area (Å²) in [6, 6.07) is 28.8. The number of rotatable bonds is 16. The number of para-hydroxylation sites is 4. The van der Waals surface area contributed by atoms with E-state index in [4.69, 9.17) is 15.7 Å². The Morgan fingerprint density at radius 1 is 0.410 bits per heavy atom. The topological polar surface area (TPSA) is 79.2 Å². The first-order chi connectivity index (χ1) is 35.2. The third kappa shape index (κ3) is 20.7. The molecule has 0 atom stereocenters. The van der Waals surface area contributed by atoms with Crippen molar-refractivity contribution in [3.8, 4) is 28.8 Å². The summed E-state index contributed by atoms with van der Waals surface area (Å²) >= 11 is 0. The fourth-order valence-corrected chi connectivity index (χ4v) is 8.97. The molecule has 0 saturated heterocycles. The van der Waals surface area contributed by atoms with Gasteiger partial charge < -0.3 is 5.32 Å². The van der Waals surface area contributed by atoms with Gasteiger partial charge in [-0.05, 0) is 47.3 Å². The first-order valence-electron chi connectivity index (χ1n) is 25.9. The van der Waals surface area contributed by atoms with Gasteiger partial charge in [0.25, 0.3) is 0 Å². The molecule has 78 heavy (non-hydrogen) atoms. The number of nitrogens with one attached hydrogen (secondary N) is 1. The summed E-state index contributed by atoms with van der Waals surface area (Å²) in [7, 11) is -21.3. The van der Waals surface area contributed by atoms with E-state index in [1.165, 1.54) is 74.2 Å². The van der Waals surface area contributed by atoms with Gasteiger partial charge in [-0.15, -0.1) is 9.36 Å². The van der Waals surface area contributed by atoms with Crippen LogP contribution in [-0.2, 0) is 13.1 Å². The quantitative estimate of drug-likeness (QED) is 0.0595. The zero-order chi connectivity index (χ0) is 60.0. The van der Waals surface area contributed by atoms with Crippen molar-refractivity contribution in [2.24, 2.45) is 0 Å². The Bertz CT molecular complexity index is 2720. The average Bonchev–Trinajstić information content (AvgIpc) is 3.90. The van der Waals surface area contributed by atoms with Crippen LogP contribution in [-0.4, -0.2) is 19.8 Å². The molecule has 0 aliphatic rings. The Labute approximate surface area is 452 Å². The summed E-state index contributed by atoms with van der Waals surface area (Å²) in [5.41, 5.74) is 17.4. The molecule has 0 aliphatic carbocycles. The van der Waals surface area contributed by atoms with E-state index in [-0.39, 0.29) is 0 Å². The van der Waals surface area contributed by atoms with Gasteiger partial charge >= 0.3 is 66.0 Å². The molecular weight excluding hydrogens is 1070 g/mol. The second kappa shape index (κ2) is 23.8. The van der Waals surface area contributed by atoms with Crippen LogP contribution in [0.4, 0.5) is 50.4 Å². The maximum atomic E-state index is 9.87. The van der Waals surface area contributed by atoms with Crippen LogP contribution in [0.3, 0.4) is 0 Å². The zero-order valence-corrected chi connectivity index (χ0v) is 49.5. The fourth-order valence-electron chi connectivity index (χ4n) is 8.97. The number of aromatic nitrogens is 6. The monoisotopic (exact) mass is 1150 g/mol. The summed E-state index contributed by atoms with van der Waals surface area (Å²) in [6.45, 7) is 39.3. The van der Waals surface area contributed by atoms with Gasteiger partial charge in [-0.2, -0.15) is 5.26 Å². The summed E-state index contributed by atoms with van der Waals surface area (Å²) in [5, 5.41) is 22.4. The van der Waals surface area contributed by atoms with Crippen molar-refractivity contribution in [1.82, 2.24) is 25.1 Å². The summed E-state index contributed by atoms with van der Waals surface area (Å²) in [4.78, 5) is 0. The van der Waals surface area contributed by atoms with Crippen LogP contribution >= 0.6 is 15.6 Å². The van der Waals surface area contributed by atoms with Gasteiger partial charge in [-0.3, -0.25) is 0 Å². The third-order valence-electron chi connectivity index (χ3n) is 12.3. The molecule has 0 amide bonds. The molecule has 22 heteroatoms. The molecule has 436 valence electrons. The van der Waals surface area contributed by atoms with Crippen molar-refractivity contribution < 1.29 is 59.7 Å².